The van der Waals surface area contributed by atoms with Gasteiger partial charge in [0.1, 0.15) is 0 Å². The maximum absolute atomic E-state index is 12.6. The number of benzene rings is 1. The Hall–Kier alpha value is -2.60. The first kappa shape index (κ1) is 20.7. The van der Waals surface area contributed by atoms with E-state index >= 15 is 0 Å². The third-order valence-electron chi connectivity index (χ3n) is 6.14. The van der Waals surface area contributed by atoms with Gasteiger partial charge in [-0.1, -0.05) is 18.2 Å². The number of hydrogen-bond acceptors (Lipinski definition) is 5. The maximum Gasteiger partial charge on any atom is 0.223 e. The number of hydrogen-bond donors (Lipinski definition) is 1. The molecule has 2 fully saturated rings. The third-order valence-corrected chi connectivity index (χ3v) is 6.14. The van der Waals surface area contributed by atoms with Gasteiger partial charge in [-0.15, -0.1) is 0 Å². The van der Waals surface area contributed by atoms with Crippen molar-refractivity contribution in [3.05, 3.63) is 53.9 Å². The number of nitrogens with one attached hydrogen (secondary N) is 1. The second-order valence-electron chi connectivity index (χ2n) is 8.31. The van der Waals surface area contributed by atoms with Crippen molar-refractivity contribution in [3.8, 4) is 11.5 Å². The molecule has 1 aromatic heterocycles. The Morgan fingerprint density at radius 1 is 1.17 bits per heavy atom. The second-order valence-corrected chi connectivity index (χ2v) is 8.31. The average Bonchev–Trinajstić information content (AvgIpc) is 3.63. The van der Waals surface area contributed by atoms with Crippen molar-refractivity contribution >= 4 is 5.91 Å². The molecule has 1 aliphatic heterocycles. The van der Waals surface area contributed by atoms with E-state index in [1.165, 1.54) is 0 Å². The van der Waals surface area contributed by atoms with Gasteiger partial charge in [0.25, 0.3) is 0 Å². The predicted molar refractivity (Wildman–Crippen MR) is 115 cm³/mol. The number of rotatable bonds is 8. The summed E-state index contributed by atoms with van der Waals surface area (Å²) >= 11 is 0. The van der Waals surface area contributed by atoms with Gasteiger partial charge in [0.2, 0.25) is 5.91 Å². The van der Waals surface area contributed by atoms with Crippen molar-refractivity contribution in [2.45, 2.75) is 38.3 Å². The average molecular weight is 410 g/mol. The number of aromatic nitrogens is 1. The van der Waals surface area contributed by atoms with Gasteiger partial charge in [0, 0.05) is 30.8 Å². The van der Waals surface area contributed by atoms with E-state index in [1.807, 2.05) is 36.5 Å². The molecule has 6 heteroatoms. The van der Waals surface area contributed by atoms with Gasteiger partial charge in [-0.25, -0.2) is 0 Å². The van der Waals surface area contributed by atoms with Gasteiger partial charge in [-0.2, -0.15) is 0 Å². The molecule has 0 radical (unpaired) electrons. The van der Waals surface area contributed by atoms with E-state index in [4.69, 9.17) is 9.47 Å². The van der Waals surface area contributed by atoms with Crippen LogP contribution in [0.5, 0.6) is 11.5 Å². The number of likely N-dealkylation sites (tertiary alicyclic amines) is 1. The molecule has 1 N–H and O–H groups in total. The lowest BCUT2D eigenvalue weighted by molar-refractivity contribution is -0.123. The van der Waals surface area contributed by atoms with Gasteiger partial charge in [-0.05, 0) is 56.3 Å². The van der Waals surface area contributed by atoms with Crippen molar-refractivity contribution in [1.29, 1.82) is 0 Å². The topological polar surface area (TPSA) is 63.7 Å². The molecule has 1 aromatic carbocycles. The molecule has 4 rings (SSSR count). The zero-order chi connectivity index (χ0) is 20.9. The van der Waals surface area contributed by atoms with Crippen LogP contribution in [-0.4, -0.2) is 43.1 Å². The summed E-state index contributed by atoms with van der Waals surface area (Å²) in [4.78, 5) is 19.6. The number of pyridine rings is 1. The number of ether oxygens (including phenoxy) is 2. The molecule has 2 heterocycles. The molecule has 6 nitrogen and oxygen atoms in total. The number of para-hydroxylation sites is 1. The van der Waals surface area contributed by atoms with Crippen LogP contribution in [0.1, 0.15) is 43.0 Å². The van der Waals surface area contributed by atoms with Gasteiger partial charge in [0.05, 0.1) is 26.0 Å². The normalized spacial score (nSPS) is 20.4. The van der Waals surface area contributed by atoms with Crippen LogP contribution in [0.4, 0.5) is 0 Å². The minimum atomic E-state index is -0.0469. The highest BCUT2D eigenvalue weighted by Gasteiger charge is 2.35. The molecule has 1 amide bonds. The van der Waals surface area contributed by atoms with Crippen molar-refractivity contribution in [2.24, 2.45) is 11.8 Å². The predicted octanol–water partition coefficient (Wildman–Crippen LogP) is 3.58. The van der Waals surface area contributed by atoms with Crippen LogP contribution in [0.15, 0.2) is 42.6 Å². The van der Waals surface area contributed by atoms with E-state index in [1.54, 1.807) is 14.2 Å². The lowest BCUT2D eigenvalue weighted by atomic mass is 9.88. The fourth-order valence-electron chi connectivity index (χ4n) is 4.44. The van der Waals surface area contributed by atoms with Crippen LogP contribution in [0.25, 0.3) is 0 Å². The molecular formula is C24H31N3O3. The smallest absolute Gasteiger partial charge is 0.223 e. The number of carbonyl (C=O) groups is 1. The minimum Gasteiger partial charge on any atom is -0.493 e. The summed E-state index contributed by atoms with van der Waals surface area (Å²) in [6, 6.07) is 11.9. The fourth-order valence-corrected chi connectivity index (χ4v) is 4.44. The zero-order valence-corrected chi connectivity index (χ0v) is 17.8. The quantitative estimate of drug-likeness (QED) is 0.722. The molecule has 0 spiro atoms. The van der Waals surface area contributed by atoms with Gasteiger partial charge in [0.15, 0.2) is 11.5 Å². The van der Waals surface area contributed by atoms with Crippen molar-refractivity contribution in [1.82, 2.24) is 15.2 Å². The van der Waals surface area contributed by atoms with Crippen LogP contribution < -0.4 is 14.8 Å². The molecule has 0 bridgehead atoms. The summed E-state index contributed by atoms with van der Waals surface area (Å²) < 4.78 is 11.1. The van der Waals surface area contributed by atoms with Crippen molar-refractivity contribution < 1.29 is 14.3 Å². The van der Waals surface area contributed by atoms with Gasteiger partial charge >= 0.3 is 0 Å². The number of piperidine rings is 1. The van der Waals surface area contributed by atoms with E-state index in [-0.39, 0.29) is 17.9 Å². The van der Waals surface area contributed by atoms with Crippen molar-refractivity contribution in [3.63, 3.8) is 0 Å². The number of amides is 1. The highest BCUT2D eigenvalue weighted by Crippen LogP contribution is 2.35. The van der Waals surface area contributed by atoms with E-state index in [0.29, 0.717) is 5.92 Å². The summed E-state index contributed by atoms with van der Waals surface area (Å²) in [6.07, 6.45) is 6.01. The standard InChI is InChI=1S/C24H31N3O3/c1-29-21-10-5-7-19(23(21)30-2)16-27-14-6-8-18(15-27)22(20-9-3-4-13-25-20)26-24(28)17-11-12-17/h3-5,7,9-10,13,17-18,22H,6,8,11-12,14-16H2,1-2H3,(H,26,28)/t18-,22-/m0/s1. The first-order valence-corrected chi connectivity index (χ1v) is 10.8. The maximum atomic E-state index is 12.6. The Morgan fingerprint density at radius 2 is 2.03 bits per heavy atom. The Morgan fingerprint density at radius 3 is 2.73 bits per heavy atom. The lowest BCUT2D eigenvalue weighted by Gasteiger charge is -2.37. The van der Waals surface area contributed by atoms with Crippen LogP contribution in [0.2, 0.25) is 0 Å². The van der Waals surface area contributed by atoms with E-state index in [9.17, 15) is 4.79 Å². The van der Waals surface area contributed by atoms with Crippen LogP contribution in [-0.2, 0) is 11.3 Å². The van der Waals surface area contributed by atoms with Crippen LogP contribution in [0, 0.1) is 11.8 Å². The molecule has 0 unspecified atom stereocenters. The second kappa shape index (κ2) is 9.47. The Bertz CT molecular complexity index is 854. The Kier molecular flexibility index (Phi) is 6.53. The molecular weight excluding hydrogens is 378 g/mol. The molecule has 2 aromatic rings. The Labute approximate surface area is 178 Å². The summed E-state index contributed by atoms with van der Waals surface area (Å²) in [5.41, 5.74) is 2.08. The molecule has 160 valence electrons. The minimum absolute atomic E-state index is 0.0469. The summed E-state index contributed by atoms with van der Waals surface area (Å²) in [6.45, 7) is 2.73. The molecule has 1 saturated carbocycles. The van der Waals surface area contributed by atoms with Crippen molar-refractivity contribution in [2.75, 3.05) is 27.3 Å². The SMILES string of the molecule is COc1cccc(CN2CCC[C@H]([C@H](NC(=O)C3CC3)c3ccccn3)C2)c1OC. The summed E-state index contributed by atoms with van der Waals surface area (Å²) in [5.74, 6) is 2.25. The lowest BCUT2D eigenvalue weighted by Crippen LogP contribution is -2.43. The molecule has 1 saturated heterocycles. The molecule has 2 aliphatic rings. The summed E-state index contributed by atoms with van der Waals surface area (Å²) in [5, 5.41) is 3.32. The number of nitrogens with zero attached hydrogens (tertiary/aromatic N) is 2. The largest absolute Gasteiger partial charge is 0.493 e. The van der Waals surface area contributed by atoms with Gasteiger partial charge in [-0.3, -0.25) is 14.7 Å². The first-order chi connectivity index (χ1) is 14.7. The molecule has 1 aliphatic carbocycles. The zero-order valence-electron chi connectivity index (χ0n) is 17.8. The van der Waals surface area contributed by atoms with E-state index in [0.717, 1.165) is 68.1 Å². The number of carbonyl (C=O) groups excluding carboxylic acids is 1. The van der Waals surface area contributed by atoms with E-state index in [2.05, 4.69) is 21.3 Å². The number of methoxy groups -OCH3 is 2. The monoisotopic (exact) mass is 409 g/mol. The third kappa shape index (κ3) is 4.75. The van der Waals surface area contributed by atoms with Crippen LogP contribution in [0.3, 0.4) is 0 Å². The highest BCUT2D eigenvalue weighted by molar-refractivity contribution is 5.81. The Balaban J connectivity index is 1.50. The fraction of sp³-hybridized carbons (Fsp3) is 0.500. The highest BCUT2D eigenvalue weighted by atomic mass is 16.5. The first-order valence-electron chi connectivity index (χ1n) is 10.8. The summed E-state index contributed by atoms with van der Waals surface area (Å²) in [7, 11) is 3.35. The van der Waals surface area contributed by atoms with Crippen LogP contribution >= 0.6 is 0 Å². The van der Waals surface area contributed by atoms with Gasteiger partial charge < -0.3 is 14.8 Å². The molecule has 30 heavy (non-hydrogen) atoms. The molecule has 2 atom stereocenters. The van der Waals surface area contributed by atoms with E-state index < -0.39 is 0 Å².